The zero-order valence-electron chi connectivity index (χ0n) is 35.2. The largest absolute Gasteiger partial charge is 0.462 e. The predicted octanol–water partition coefficient (Wildman–Crippen LogP) is 2.81. The first-order valence-electron chi connectivity index (χ1n) is 20.8. The Hall–Kier alpha value is -3.71. The highest BCUT2D eigenvalue weighted by Gasteiger charge is 2.42. The summed E-state index contributed by atoms with van der Waals surface area (Å²) in [5.74, 6) is -0.115. The lowest BCUT2D eigenvalue weighted by molar-refractivity contribution is -0.149. The third-order valence-electron chi connectivity index (χ3n) is 9.98. The highest BCUT2D eigenvalue weighted by Crippen LogP contribution is 2.33. The number of rotatable bonds is 18. The summed E-state index contributed by atoms with van der Waals surface area (Å²) >= 11 is 3.39. The molecule has 2 bridgehead atoms. The number of nitrogens with zero attached hydrogens (tertiary/aromatic N) is 1. The molecule has 7 atom stereocenters. The molecule has 0 aliphatic carbocycles. The summed E-state index contributed by atoms with van der Waals surface area (Å²) in [6.07, 6.45) is 10.7. The van der Waals surface area contributed by atoms with Crippen LogP contribution in [0, 0.1) is 0 Å². The van der Waals surface area contributed by atoms with Crippen LogP contribution in [0.15, 0.2) is 40.7 Å². The fraction of sp³-hybridized carbons (Fsp3) is 0.659. The van der Waals surface area contributed by atoms with Gasteiger partial charge in [-0.1, -0.05) is 44.1 Å². The van der Waals surface area contributed by atoms with Crippen molar-refractivity contribution in [3.8, 4) is 0 Å². The topological polar surface area (TPSA) is 195 Å². The summed E-state index contributed by atoms with van der Waals surface area (Å²) in [5.41, 5.74) is 2.84. The average molecular weight is 859 g/mol. The molecule has 2 fully saturated rings. The van der Waals surface area contributed by atoms with E-state index in [9.17, 15) is 24.0 Å². The average Bonchev–Trinajstić information content (AvgIpc) is 3.88. The number of allylic oxidation sites excluding steroid dienone is 3. The van der Waals surface area contributed by atoms with Gasteiger partial charge < -0.3 is 45.5 Å². The molecule has 0 spiro atoms. The second kappa shape index (κ2) is 25.8. The number of esters is 2. The van der Waals surface area contributed by atoms with Crippen molar-refractivity contribution in [1.29, 1.82) is 0 Å². The molecule has 1 aromatic rings. The van der Waals surface area contributed by atoms with Crippen molar-refractivity contribution >= 4 is 60.7 Å². The van der Waals surface area contributed by atoms with E-state index < -0.39 is 12.1 Å². The minimum absolute atomic E-state index is 0.00415. The smallest absolute Gasteiger partial charge is 0.331 e. The Balaban J connectivity index is 1.11. The van der Waals surface area contributed by atoms with Crippen LogP contribution in [0.2, 0.25) is 0 Å². The van der Waals surface area contributed by atoms with Gasteiger partial charge in [-0.05, 0) is 33.1 Å². The number of hydrogen-bond donors (Lipinski definition) is 5. The SMILES string of the molecule is B/C(C)=C/C1Cc2nc(cs2)[C@@H](C)C[C@@H](NCC(=O)NCCOCCOCCNC(=O)CCCC[C@@H]2SCC3NC(=O)NC32)CC(=O)OC(C)C/C(C)=C/C=C\C(=O)O1. The Labute approximate surface area is 357 Å². The van der Waals surface area contributed by atoms with Crippen molar-refractivity contribution in [2.24, 2.45) is 0 Å². The standard InChI is InChI=1S/C41H63BN6O9S2/c1-26-8-7-11-38(51)57-31(20-28(3)42)22-37-46-32(24-59-37)27(2)19-30(21-39(52)56-29(4)18-26)45-23-36(50)44-13-15-55-17-16-54-14-12-43-35(49)10-6-5-9-34-40-33(25-58-34)47-41(53)48-40/h7-8,11,20,24,27,29-31,33-34,40,45H,5-6,9-10,12-19,21-23,25,42H2,1-4H3,(H,43,49)(H,44,50)(H2,47,48,53)/b11-7-,26-8+,28-20+/t27-,29?,30+,31?,33?,34-,40?/m0/s1. The number of aromatic nitrogens is 1. The first kappa shape index (κ1) is 48.0. The van der Waals surface area contributed by atoms with Gasteiger partial charge in [0, 0.05) is 66.8 Å². The molecule has 0 aromatic carbocycles. The molecule has 0 saturated carbocycles. The highest BCUT2D eigenvalue weighted by molar-refractivity contribution is 8.00. The van der Waals surface area contributed by atoms with Gasteiger partial charge in [0.1, 0.15) is 20.1 Å². The molecule has 5 N–H and O–H groups in total. The van der Waals surface area contributed by atoms with Gasteiger partial charge in [0.2, 0.25) is 11.8 Å². The molecular weight excluding hydrogens is 795 g/mol. The van der Waals surface area contributed by atoms with E-state index in [0.29, 0.717) is 70.5 Å². The molecule has 15 nitrogen and oxygen atoms in total. The number of nitrogens with one attached hydrogen (secondary N) is 5. The maximum absolute atomic E-state index is 13.1. The van der Waals surface area contributed by atoms with Crippen molar-refractivity contribution < 1.29 is 42.9 Å². The lowest BCUT2D eigenvalue weighted by Gasteiger charge is -2.22. The van der Waals surface area contributed by atoms with Crippen molar-refractivity contribution in [2.45, 2.75) is 121 Å². The van der Waals surface area contributed by atoms with Gasteiger partial charge in [-0.2, -0.15) is 11.8 Å². The van der Waals surface area contributed by atoms with Crippen LogP contribution in [-0.2, 0) is 44.5 Å². The molecule has 3 aliphatic heterocycles. The van der Waals surface area contributed by atoms with Crippen LogP contribution in [0.1, 0.15) is 89.3 Å². The third kappa shape index (κ3) is 18.6. The number of ether oxygens (including phenoxy) is 4. The zero-order valence-corrected chi connectivity index (χ0v) is 36.8. The van der Waals surface area contributed by atoms with E-state index in [-0.39, 0.29) is 66.9 Å². The highest BCUT2D eigenvalue weighted by atomic mass is 32.2. The van der Waals surface area contributed by atoms with Gasteiger partial charge in [0.05, 0.1) is 62.2 Å². The molecule has 4 amide bonds. The summed E-state index contributed by atoms with van der Waals surface area (Å²) in [5, 5.41) is 18.2. The molecule has 3 aliphatic rings. The van der Waals surface area contributed by atoms with Gasteiger partial charge in [0.15, 0.2) is 0 Å². The lowest BCUT2D eigenvalue weighted by atomic mass is 9.95. The van der Waals surface area contributed by atoms with E-state index in [1.807, 2.05) is 64.8 Å². The fourth-order valence-corrected chi connectivity index (χ4v) is 9.64. The van der Waals surface area contributed by atoms with Crippen LogP contribution in [0.4, 0.5) is 4.79 Å². The van der Waals surface area contributed by atoms with Crippen molar-refractivity contribution in [1.82, 2.24) is 31.6 Å². The summed E-state index contributed by atoms with van der Waals surface area (Å²) < 4.78 is 22.6. The maximum atomic E-state index is 13.1. The second-order valence-corrected chi connectivity index (χ2v) is 17.9. The van der Waals surface area contributed by atoms with Crippen LogP contribution >= 0.6 is 23.1 Å². The van der Waals surface area contributed by atoms with Crippen molar-refractivity contribution in [2.75, 3.05) is 51.8 Å². The Morgan fingerprint density at radius 2 is 1.75 bits per heavy atom. The third-order valence-corrected chi connectivity index (χ3v) is 12.4. The number of thioether (sulfide) groups is 1. The van der Waals surface area contributed by atoms with E-state index in [4.69, 9.17) is 23.9 Å². The molecule has 4 unspecified atom stereocenters. The van der Waals surface area contributed by atoms with Gasteiger partial charge in [-0.15, -0.1) is 16.8 Å². The summed E-state index contributed by atoms with van der Waals surface area (Å²) in [6.45, 7) is 9.90. The van der Waals surface area contributed by atoms with Crippen LogP contribution in [-0.4, -0.2) is 130 Å². The maximum Gasteiger partial charge on any atom is 0.331 e. The number of urea groups is 1. The van der Waals surface area contributed by atoms with Gasteiger partial charge >= 0.3 is 18.0 Å². The number of thiazole rings is 1. The molecule has 2 saturated heterocycles. The molecule has 0 radical (unpaired) electrons. The number of unbranched alkanes of at least 4 members (excludes halogenated alkanes) is 1. The number of amides is 4. The van der Waals surface area contributed by atoms with Gasteiger partial charge in [-0.25, -0.2) is 14.6 Å². The van der Waals surface area contributed by atoms with E-state index in [0.717, 1.165) is 46.8 Å². The van der Waals surface area contributed by atoms with E-state index in [1.54, 1.807) is 6.08 Å². The number of cyclic esters (lactones) is 2. The fourth-order valence-electron chi connectivity index (χ4n) is 7.14. The quantitative estimate of drug-likeness (QED) is 0.0629. The van der Waals surface area contributed by atoms with E-state index >= 15 is 0 Å². The van der Waals surface area contributed by atoms with E-state index in [2.05, 4.69) is 26.6 Å². The molecular formula is C41H63BN6O9S2. The van der Waals surface area contributed by atoms with Crippen molar-refractivity contribution in [3.63, 3.8) is 0 Å². The van der Waals surface area contributed by atoms with Gasteiger partial charge in [-0.3, -0.25) is 14.4 Å². The summed E-state index contributed by atoms with van der Waals surface area (Å²) in [4.78, 5) is 67.0. The Morgan fingerprint density at radius 3 is 2.49 bits per heavy atom. The molecule has 18 heteroatoms. The zero-order chi connectivity index (χ0) is 42.6. The van der Waals surface area contributed by atoms with Crippen LogP contribution in [0.3, 0.4) is 0 Å². The lowest BCUT2D eigenvalue weighted by Crippen LogP contribution is -2.42. The molecule has 4 heterocycles. The number of fused-ring (bicyclic) bond motifs is 3. The second-order valence-electron chi connectivity index (χ2n) is 15.7. The first-order valence-corrected chi connectivity index (χ1v) is 22.7. The minimum atomic E-state index is -0.456. The van der Waals surface area contributed by atoms with E-state index in [1.165, 1.54) is 17.4 Å². The van der Waals surface area contributed by atoms with Crippen LogP contribution in [0.25, 0.3) is 0 Å². The summed E-state index contributed by atoms with van der Waals surface area (Å²) in [7, 11) is 1.96. The van der Waals surface area contributed by atoms with Gasteiger partial charge in [0.25, 0.3) is 0 Å². The Bertz CT molecular complexity index is 1640. The molecule has 1 aromatic heterocycles. The minimum Gasteiger partial charge on any atom is -0.462 e. The predicted molar refractivity (Wildman–Crippen MR) is 232 cm³/mol. The molecule has 59 heavy (non-hydrogen) atoms. The molecule has 4 rings (SSSR count). The molecule has 326 valence electrons. The number of hydrogen-bond acceptors (Lipinski definition) is 13. The first-order chi connectivity index (χ1) is 28.3. The number of carbonyl (C=O) groups excluding carboxylic acids is 5. The summed E-state index contributed by atoms with van der Waals surface area (Å²) in [6, 6.07) is -0.00492. The Morgan fingerprint density at radius 1 is 1.00 bits per heavy atom. The van der Waals surface area contributed by atoms with Crippen LogP contribution < -0.4 is 26.6 Å². The number of carbonyl (C=O) groups is 5. The normalized spacial score (nSPS) is 27.1. The van der Waals surface area contributed by atoms with Crippen molar-refractivity contribution in [3.05, 3.63) is 51.4 Å². The monoisotopic (exact) mass is 858 g/mol. The van der Waals surface area contributed by atoms with Crippen LogP contribution in [0.5, 0.6) is 0 Å². The Kier molecular flexibility index (Phi) is 21.0.